The van der Waals surface area contributed by atoms with E-state index in [4.69, 9.17) is 17.0 Å². The van der Waals surface area contributed by atoms with Gasteiger partial charge in [-0.3, -0.25) is 9.36 Å². The first kappa shape index (κ1) is 13.5. The summed E-state index contributed by atoms with van der Waals surface area (Å²) in [5, 5.41) is 1.89. The van der Waals surface area contributed by atoms with Crippen LogP contribution in [0.5, 0.6) is 0 Å². The SMILES string of the molecule is COCC(C(C)C)n1c(=S)[nH]c2ccsc2c1=O. The van der Waals surface area contributed by atoms with Gasteiger partial charge >= 0.3 is 0 Å². The zero-order valence-electron chi connectivity index (χ0n) is 10.6. The Morgan fingerprint density at radius 1 is 1.56 bits per heavy atom. The summed E-state index contributed by atoms with van der Waals surface area (Å²) in [6, 6.07) is 1.83. The molecule has 1 atom stereocenters. The molecule has 2 aromatic rings. The maximum atomic E-state index is 12.5. The van der Waals surface area contributed by atoms with Gasteiger partial charge in [0.15, 0.2) is 4.77 Å². The second-order valence-corrected chi connectivity index (χ2v) is 5.84. The summed E-state index contributed by atoms with van der Waals surface area (Å²) in [5.74, 6) is 0.273. The van der Waals surface area contributed by atoms with Crippen LogP contribution < -0.4 is 5.56 Å². The molecule has 6 heteroatoms. The number of H-pyrrole nitrogens is 1. The summed E-state index contributed by atoms with van der Waals surface area (Å²) in [4.78, 5) is 15.6. The van der Waals surface area contributed by atoms with E-state index in [9.17, 15) is 4.79 Å². The number of hydrogen-bond donors (Lipinski definition) is 1. The highest BCUT2D eigenvalue weighted by molar-refractivity contribution is 7.71. The Balaban J connectivity index is 2.68. The Morgan fingerprint density at radius 2 is 2.28 bits per heavy atom. The molecule has 4 nitrogen and oxygen atoms in total. The van der Waals surface area contributed by atoms with Gasteiger partial charge in [-0.1, -0.05) is 13.8 Å². The van der Waals surface area contributed by atoms with Gasteiger partial charge in [0.2, 0.25) is 0 Å². The van der Waals surface area contributed by atoms with Crippen molar-refractivity contribution in [2.24, 2.45) is 5.92 Å². The van der Waals surface area contributed by atoms with Crippen molar-refractivity contribution in [3.63, 3.8) is 0 Å². The molecule has 2 aromatic heterocycles. The Labute approximate surface area is 114 Å². The normalized spacial score (nSPS) is 13.3. The number of nitrogens with one attached hydrogen (secondary N) is 1. The van der Waals surface area contributed by atoms with Gasteiger partial charge < -0.3 is 9.72 Å². The molecule has 0 aliphatic carbocycles. The second-order valence-electron chi connectivity index (χ2n) is 4.54. The summed E-state index contributed by atoms with van der Waals surface area (Å²) in [6.07, 6.45) is 0. The Kier molecular flexibility index (Phi) is 3.99. The summed E-state index contributed by atoms with van der Waals surface area (Å²) in [6.45, 7) is 4.60. The zero-order chi connectivity index (χ0) is 13.3. The molecule has 0 saturated carbocycles. The quantitative estimate of drug-likeness (QED) is 0.878. The average molecular weight is 284 g/mol. The molecule has 98 valence electrons. The monoisotopic (exact) mass is 284 g/mol. The molecule has 0 radical (unpaired) electrons. The predicted octanol–water partition coefficient (Wildman–Crippen LogP) is 2.96. The lowest BCUT2D eigenvalue weighted by atomic mass is 10.1. The highest BCUT2D eigenvalue weighted by Crippen LogP contribution is 2.20. The minimum Gasteiger partial charge on any atom is -0.383 e. The molecular weight excluding hydrogens is 268 g/mol. The van der Waals surface area contributed by atoms with E-state index in [1.54, 1.807) is 11.7 Å². The molecular formula is C12H16N2O2S2. The van der Waals surface area contributed by atoms with E-state index in [-0.39, 0.29) is 17.5 Å². The number of nitrogens with zero attached hydrogens (tertiary/aromatic N) is 1. The van der Waals surface area contributed by atoms with Crippen LogP contribution >= 0.6 is 23.6 Å². The van der Waals surface area contributed by atoms with Crippen molar-refractivity contribution in [1.82, 2.24) is 9.55 Å². The highest BCUT2D eigenvalue weighted by atomic mass is 32.1. The van der Waals surface area contributed by atoms with Crippen molar-refractivity contribution in [2.75, 3.05) is 13.7 Å². The van der Waals surface area contributed by atoms with E-state index in [2.05, 4.69) is 18.8 Å². The van der Waals surface area contributed by atoms with Gasteiger partial charge in [0.05, 0.1) is 18.2 Å². The third kappa shape index (κ3) is 2.28. The Bertz CT molecular complexity index is 654. The lowest BCUT2D eigenvalue weighted by Crippen LogP contribution is -2.31. The third-order valence-corrected chi connectivity index (χ3v) is 4.18. The predicted molar refractivity (Wildman–Crippen MR) is 77.0 cm³/mol. The summed E-state index contributed by atoms with van der Waals surface area (Å²) >= 11 is 6.73. The van der Waals surface area contributed by atoms with E-state index in [1.165, 1.54) is 11.3 Å². The highest BCUT2D eigenvalue weighted by Gasteiger charge is 2.19. The van der Waals surface area contributed by atoms with Crippen LogP contribution in [0.2, 0.25) is 0 Å². The maximum absolute atomic E-state index is 12.5. The van der Waals surface area contributed by atoms with E-state index in [1.807, 2.05) is 11.4 Å². The molecule has 0 saturated heterocycles. The number of aromatic amines is 1. The summed E-state index contributed by atoms with van der Waals surface area (Å²) < 4.78 is 8.02. The fourth-order valence-corrected chi connectivity index (χ4v) is 3.10. The third-order valence-electron chi connectivity index (χ3n) is 2.98. The first-order chi connectivity index (χ1) is 8.56. The van der Waals surface area contributed by atoms with E-state index < -0.39 is 0 Å². The number of aromatic nitrogens is 2. The summed E-state index contributed by atoms with van der Waals surface area (Å²) in [5.41, 5.74) is 0.783. The number of methoxy groups -OCH3 is 1. The molecule has 0 aliphatic rings. The van der Waals surface area contributed by atoms with Crippen molar-refractivity contribution >= 4 is 33.8 Å². The van der Waals surface area contributed by atoms with Crippen LogP contribution in [-0.2, 0) is 4.74 Å². The van der Waals surface area contributed by atoms with Crippen molar-refractivity contribution in [2.45, 2.75) is 19.9 Å². The van der Waals surface area contributed by atoms with Gasteiger partial charge in [-0.05, 0) is 29.6 Å². The van der Waals surface area contributed by atoms with Gasteiger partial charge in [0, 0.05) is 7.11 Å². The van der Waals surface area contributed by atoms with Crippen LogP contribution in [0.25, 0.3) is 10.2 Å². The van der Waals surface area contributed by atoms with Crippen molar-refractivity contribution < 1.29 is 4.74 Å². The molecule has 0 aliphatic heterocycles. The average Bonchev–Trinajstić information content (AvgIpc) is 2.75. The minimum absolute atomic E-state index is 0.0282. The number of ether oxygens (including phenoxy) is 1. The first-order valence-corrected chi connectivity index (χ1v) is 7.06. The number of fused-ring (bicyclic) bond motifs is 1. The number of rotatable bonds is 4. The van der Waals surface area contributed by atoms with Crippen LogP contribution in [0.15, 0.2) is 16.2 Å². The molecule has 0 aromatic carbocycles. The van der Waals surface area contributed by atoms with E-state index in [0.717, 1.165) is 5.52 Å². The van der Waals surface area contributed by atoms with Crippen LogP contribution in [-0.4, -0.2) is 23.3 Å². The lowest BCUT2D eigenvalue weighted by molar-refractivity contribution is 0.130. The van der Waals surface area contributed by atoms with Crippen LogP contribution in [0.3, 0.4) is 0 Å². The fraction of sp³-hybridized carbons (Fsp3) is 0.500. The standard InChI is InChI=1S/C12H16N2O2S2/c1-7(2)9(6-16-3)14-11(15)10-8(4-5-18-10)13-12(14)17/h4-5,7,9H,6H2,1-3H3,(H,13,17). The smallest absolute Gasteiger partial charge is 0.272 e. The second kappa shape index (κ2) is 5.34. The molecule has 18 heavy (non-hydrogen) atoms. The molecule has 2 heterocycles. The topological polar surface area (TPSA) is 47.0 Å². The molecule has 2 rings (SSSR count). The van der Waals surface area contributed by atoms with Crippen LogP contribution in [0.4, 0.5) is 0 Å². The van der Waals surface area contributed by atoms with Gasteiger partial charge in [0.25, 0.3) is 5.56 Å². The molecule has 0 spiro atoms. The van der Waals surface area contributed by atoms with E-state index >= 15 is 0 Å². The molecule has 0 fully saturated rings. The van der Waals surface area contributed by atoms with Gasteiger partial charge in [0.1, 0.15) is 4.70 Å². The fourth-order valence-electron chi connectivity index (χ4n) is 1.99. The molecule has 0 amide bonds. The molecule has 1 unspecified atom stereocenters. The Hall–Kier alpha value is -0.980. The Morgan fingerprint density at radius 3 is 2.89 bits per heavy atom. The number of thiophene rings is 1. The summed E-state index contributed by atoms with van der Waals surface area (Å²) in [7, 11) is 1.64. The van der Waals surface area contributed by atoms with Gasteiger partial charge in [-0.15, -0.1) is 11.3 Å². The first-order valence-electron chi connectivity index (χ1n) is 5.77. The number of hydrogen-bond acceptors (Lipinski definition) is 4. The van der Waals surface area contributed by atoms with Gasteiger partial charge in [-0.2, -0.15) is 0 Å². The zero-order valence-corrected chi connectivity index (χ0v) is 12.2. The maximum Gasteiger partial charge on any atom is 0.272 e. The van der Waals surface area contributed by atoms with Crippen LogP contribution in [0.1, 0.15) is 19.9 Å². The lowest BCUT2D eigenvalue weighted by Gasteiger charge is -2.22. The van der Waals surface area contributed by atoms with Crippen molar-refractivity contribution in [3.8, 4) is 0 Å². The van der Waals surface area contributed by atoms with Crippen molar-refractivity contribution in [3.05, 3.63) is 26.6 Å². The largest absolute Gasteiger partial charge is 0.383 e. The van der Waals surface area contributed by atoms with Gasteiger partial charge in [-0.25, -0.2) is 0 Å². The molecule has 1 N–H and O–H groups in total. The van der Waals surface area contributed by atoms with Crippen molar-refractivity contribution in [1.29, 1.82) is 0 Å². The molecule has 0 bridgehead atoms. The minimum atomic E-state index is -0.0438. The van der Waals surface area contributed by atoms with Crippen LogP contribution in [0, 0.1) is 10.7 Å². The van der Waals surface area contributed by atoms with E-state index in [0.29, 0.717) is 16.1 Å².